The predicted molar refractivity (Wildman–Crippen MR) is 158 cm³/mol. The smallest absolute Gasteiger partial charge is 0.214 e. The fourth-order valence-electron chi connectivity index (χ4n) is 5.62. The molecule has 184 valence electrons. The first-order chi connectivity index (χ1) is 18.5. The monoisotopic (exact) mass is 492 g/mol. The van der Waals surface area contributed by atoms with E-state index in [4.69, 9.17) is 6.57 Å². The second-order valence-corrected chi connectivity index (χ2v) is 10.3. The summed E-state index contributed by atoms with van der Waals surface area (Å²) in [5.74, 6) is 0.431. The number of hydrogen-bond donors (Lipinski definition) is 0. The third-order valence-corrected chi connectivity index (χ3v) is 7.57. The fourth-order valence-corrected chi connectivity index (χ4v) is 5.62. The van der Waals surface area contributed by atoms with Crippen molar-refractivity contribution in [1.29, 1.82) is 0 Å². The van der Waals surface area contributed by atoms with Crippen molar-refractivity contribution in [3.63, 3.8) is 0 Å². The number of fused-ring (bicyclic) bond motifs is 3. The van der Waals surface area contributed by atoms with Gasteiger partial charge in [-0.05, 0) is 41.7 Å². The first kappa shape index (κ1) is 23.7. The van der Waals surface area contributed by atoms with Gasteiger partial charge in [0, 0.05) is 34.2 Å². The van der Waals surface area contributed by atoms with Gasteiger partial charge in [-0.2, -0.15) is 0 Å². The Morgan fingerprint density at radius 2 is 1.39 bits per heavy atom. The highest BCUT2D eigenvalue weighted by Crippen LogP contribution is 2.45. The predicted octanol–water partition coefficient (Wildman–Crippen LogP) is 8.92. The zero-order chi connectivity index (χ0) is 26.4. The normalized spacial score (nSPS) is 11.4. The molecular weight excluding hydrogens is 462 g/mol. The van der Waals surface area contributed by atoms with Crippen molar-refractivity contribution in [2.24, 2.45) is 7.05 Å². The number of benzene rings is 4. The van der Waals surface area contributed by atoms with Gasteiger partial charge in [0.15, 0.2) is 11.9 Å². The van der Waals surface area contributed by atoms with E-state index in [1.807, 2.05) is 24.3 Å². The summed E-state index contributed by atoms with van der Waals surface area (Å²) >= 11 is 0. The molecule has 0 fully saturated rings. The second-order valence-electron chi connectivity index (χ2n) is 10.3. The average molecular weight is 493 g/mol. The maximum absolute atomic E-state index is 8.03. The summed E-state index contributed by atoms with van der Waals surface area (Å²) in [6.45, 7) is 14.7. The van der Waals surface area contributed by atoms with Crippen LogP contribution in [-0.2, 0) is 7.05 Å². The number of nitrogens with zero attached hydrogens (tertiary/aromatic N) is 3. The Morgan fingerprint density at radius 3 is 2.05 bits per heavy atom. The Hall–Kier alpha value is -4.68. The molecule has 2 aromatic heterocycles. The van der Waals surface area contributed by atoms with E-state index >= 15 is 0 Å². The number of para-hydroxylation sites is 1. The summed E-state index contributed by atoms with van der Waals surface area (Å²) in [6.07, 6.45) is 2.17. The van der Waals surface area contributed by atoms with E-state index in [0.29, 0.717) is 11.6 Å². The minimum Gasteiger partial charge on any atom is -0.309 e. The maximum atomic E-state index is 8.03. The Kier molecular flexibility index (Phi) is 5.81. The highest BCUT2D eigenvalue weighted by molar-refractivity contribution is 6.19. The van der Waals surface area contributed by atoms with Crippen LogP contribution in [0.1, 0.15) is 30.9 Å². The van der Waals surface area contributed by atoms with Gasteiger partial charge < -0.3 is 4.57 Å². The Balaban J connectivity index is 1.88. The lowest BCUT2D eigenvalue weighted by molar-refractivity contribution is -0.660. The number of pyridine rings is 1. The highest BCUT2D eigenvalue weighted by atomic mass is 15.0. The zero-order valence-electron chi connectivity index (χ0n) is 22.2. The van der Waals surface area contributed by atoms with Gasteiger partial charge in [0.05, 0.1) is 23.2 Å². The molecular formula is C35H30N3+. The molecule has 6 aromatic rings. The third kappa shape index (κ3) is 3.69. The summed E-state index contributed by atoms with van der Waals surface area (Å²) in [6, 6.07) is 34.0. The van der Waals surface area contributed by atoms with Crippen LogP contribution in [0, 0.1) is 13.5 Å². The molecule has 3 nitrogen and oxygen atoms in total. The van der Waals surface area contributed by atoms with Gasteiger partial charge in [-0.25, -0.2) is 9.41 Å². The molecule has 0 spiro atoms. The van der Waals surface area contributed by atoms with Gasteiger partial charge in [-0.3, -0.25) is 0 Å². The summed E-state index contributed by atoms with van der Waals surface area (Å²) < 4.78 is 4.61. The molecule has 0 saturated heterocycles. The summed E-state index contributed by atoms with van der Waals surface area (Å²) in [5.41, 5.74) is 11.0. The van der Waals surface area contributed by atoms with Crippen molar-refractivity contribution >= 4 is 27.5 Å². The first-order valence-corrected chi connectivity index (χ1v) is 13.1. The lowest BCUT2D eigenvalue weighted by Crippen LogP contribution is -2.31. The van der Waals surface area contributed by atoms with E-state index in [2.05, 4.69) is 121 Å². The van der Waals surface area contributed by atoms with Gasteiger partial charge in [0.1, 0.15) is 7.05 Å². The standard InChI is InChI=1S/C35H30N3/c1-23(2)26-20-21-37(5)31(22-26)32-24(3)16-17-28-29-18-19-30(36-4)33(25-12-8-6-9-13-25)35(29)38(34(28)32)27-14-10-7-11-15-27/h6-23H,1-3,5H3/q+1. The number of hydrogen-bond acceptors (Lipinski definition) is 0. The maximum Gasteiger partial charge on any atom is 0.214 e. The van der Waals surface area contributed by atoms with Crippen molar-refractivity contribution in [3.8, 4) is 28.1 Å². The lowest BCUT2D eigenvalue weighted by Gasteiger charge is -2.15. The molecule has 3 heteroatoms. The molecule has 0 atom stereocenters. The fraction of sp³-hybridized carbons (Fsp3) is 0.143. The lowest BCUT2D eigenvalue weighted by atomic mass is 9.96. The molecule has 0 aliphatic rings. The molecule has 0 amide bonds. The Morgan fingerprint density at radius 1 is 0.763 bits per heavy atom. The minimum absolute atomic E-state index is 0.431. The first-order valence-electron chi connectivity index (χ1n) is 13.1. The third-order valence-electron chi connectivity index (χ3n) is 7.57. The van der Waals surface area contributed by atoms with Gasteiger partial charge in [-0.15, -0.1) is 0 Å². The van der Waals surface area contributed by atoms with Crippen LogP contribution in [0.2, 0.25) is 0 Å². The van der Waals surface area contributed by atoms with E-state index in [0.717, 1.165) is 27.7 Å². The van der Waals surface area contributed by atoms with Gasteiger partial charge >= 0.3 is 0 Å². The highest BCUT2D eigenvalue weighted by Gasteiger charge is 2.25. The topological polar surface area (TPSA) is 13.2 Å². The quantitative estimate of drug-likeness (QED) is 0.172. The van der Waals surface area contributed by atoms with Crippen LogP contribution in [0.3, 0.4) is 0 Å². The molecule has 0 bridgehead atoms. The summed E-state index contributed by atoms with van der Waals surface area (Å²) in [7, 11) is 2.12. The van der Waals surface area contributed by atoms with Crippen LogP contribution in [0.15, 0.2) is 103 Å². The summed E-state index contributed by atoms with van der Waals surface area (Å²) in [4.78, 5) is 3.98. The number of aromatic nitrogens is 2. The van der Waals surface area contributed by atoms with Crippen molar-refractivity contribution in [3.05, 3.63) is 126 Å². The van der Waals surface area contributed by atoms with Crippen molar-refractivity contribution in [2.75, 3.05) is 0 Å². The number of rotatable bonds is 4. The van der Waals surface area contributed by atoms with Crippen LogP contribution in [0.25, 0.3) is 54.7 Å². The van der Waals surface area contributed by atoms with E-state index in [1.165, 1.54) is 33.3 Å². The molecule has 0 aliphatic carbocycles. The van der Waals surface area contributed by atoms with Crippen LogP contribution in [0.4, 0.5) is 5.69 Å². The minimum atomic E-state index is 0.431. The Bertz CT molecular complexity index is 1850. The zero-order valence-corrected chi connectivity index (χ0v) is 22.2. The van der Waals surface area contributed by atoms with Crippen LogP contribution < -0.4 is 4.57 Å². The molecule has 0 N–H and O–H groups in total. The van der Waals surface area contributed by atoms with Crippen LogP contribution in [0.5, 0.6) is 0 Å². The second kappa shape index (κ2) is 9.32. The molecule has 6 rings (SSSR count). The van der Waals surface area contributed by atoms with Gasteiger partial charge in [-0.1, -0.05) is 86.6 Å². The molecule has 4 aromatic carbocycles. The molecule has 2 heterocycles. The van der Waals surface area contributed by atoms with Crippen LogP contribution >= 0.6 is 0 Å². The van der Waals surface area contributed by atoms with E-state index in [-0.39, 0.29) is 0 Å². The average Bonchev–Trinajstić information content (AvgIpc) is 3.28. The van der Waals surface area contributed by atoms with E-state index in [1.54, 1.807) is 0 Å². The molecule has 38 heavy (non-hydrogen) atoms. The van der Waals surface area contributed by atoms with Crippen molar-refractivity contribution in [1.82, 2.24) is 4.57 Å². The molecule has 0 unspecified atom stereocenters. The molecule has 0 aliphatic heterocycles. The largest absolute Gasteiger partial charge is 0.309 e. The van der Waals surface area contributed by atoms with Gasteiger partial charge in [0.2, 0.25) is 5.69 Å². The molecule has 0 saturated carbocycles. The van der Waals surface area contributed by atoms with Crippen molar-refractivity contribution < 1.29 is 4.57 Å². The number of aryl methyl sites for hydroxylation is 2. The van der Waals surface area contributed by atoms with E-state index < -0.39 is 0 Å². The SMILES string of the molecule is [C-]#[N+]c1ccc2c3ccc(C)c(-c4cc(C(C)C)cc[n+]4C)c3n(-c3ccccc3)c2c1-c1ccccc1. The van der Waals surface area contributed by atoms with E-state index in [9.17, 15) is 0 Å². The Labute approximate surface area is 224 Å². The molecule has 0 radical (unpaired) electrons. The van der Waals surface area contributed by atoms with Crippen molar-refractivity contribution in [2.45, 2.75) is 26.7 Å². The van der Waals surface area contributed by atoms with Gasteiger partial charge in [0.25, 0.3) is 0 Å². The van der Waals surface area contributed by atoms with Crippen LogP contribution in [-0.4, -0.2) is 4.57 Å². The summed E-state index contributed by atoms with van der Waals surface area (Å²) in [5, 5.41) is 2.34.